The fourth-order valence-corrected chi connectivity index (χ4v) is 1.89. The SMILES string of the molecule is CONC(=O)Cc1cc(Cl)c2c(c1)OCCO2. The van der Waals surface area contributed by atoms with Crippen molar-refractivity contribution in [3.8, 4) is 11.5 Å². The predicted octanol–water partition coefficient (Wildman–Crippen LogP) is 1.33. The van der Waals surface area contributed by atoms with Crippen LogP contribution in [0.3, 0.4) is 0 Å². The summed E-state index contributed by atoms with van der Waals surface area (Å²) in [7, 11) is 1.38. The number of hydroxylamine groups is 1. The van der Waals surface area contributed by atoms with E-state index in [0.29, 0.717) is 29.7 Å². The Kier molecular flexibility index (Phi) is 3.71. The van der Waals surface area contributed by atoms with E-state index >= 15 is 0 Å². The monoisotopic (exact) mass is 257 g/mol. The maximum atomic E-state index is 11.3. The molecule has 0 unspecified atom stereocenters. The number of hydrogen-bond acceptors (Lipinski definition) is 4. The van der Waals surface area contributed by atoms with Crippen LogP contribution < -0.4 is 15.0 Å². The van der Waals surface area contributed by atoms with Crippen LogP contribution >= 0.6 is 11.6 Å². The molecular formula is C11H12ClNO4. The molecule has 0 aromatic heterocycles. The summed E-state index contributed by atoms with van der Waals surface area (Å²) in [5.74, 6) is 0.859. The highest BCUT2D eigenvalue weighted by Gasteiger charge is 2.17. The van der Waals surface area contributed by atoms with Crippen molar-refractivity contribution in [2.24, 2.45) is 0 Å². The number of carbonyl (C=O) groups excluding carboxylic acids is 1. The molecule has 0 radical (unpaired) electrons. The van der Waals surface area contributed by atoms with Crippen LogP contribution in [0.15, 0.2) is 12.1 Å². The Bertz CT molecular complexity index is 436. The number of fused-ring (bicyclic) bond motifs is 1. The molecule has 0 saturated carbocycles. The molecule has 0 fully saturated rings. The second-order valence-corrected chi connectivity index (χ2v) is 3.92. The van der Waals surface area contributed by atoms with E-state index in [4.69, 9.17) is 21.1 Å². The minimum absolute atomic E-state index is 0.171. The molecule has 1 N–H and O–H groups in total. The van der Waals surface area contributed by atoms with E-state index < -0.39 is 0 Å². The van der Waals surface area contributed by atoms with Crippen LogP contribution in [-0.2, 0) is 16.1 Å². The fraction of sp³-hybridized carbons (Fsp3) is 0.364. The van der Waals surface area contributed by atoms with E-state index in [0.717, 1.165) is 5.56 Å². The van der Waals surface area contributed by atoms with Gasteiger partial charge in [-0.05, 0) is 17.7 Å². The Morgan fingerprint density at radius 1 is 1.47 bits per heavy atom. The first kappa shape index (κ1) is 12.0. The van der Waals surface area contributed by atoms with Gasteiger partial charge >= 0.3 is 0 Å². The molecule has 0 saturated heterocycles. The lowest BCUT2D eigenvalue weighted by atomic mass is 10.1. The number of rotatable bonds is 3. The second-order valence-electron chi connectivity index (χ2n) is 3.51. The third-order valence-electron chi connectivity index (χ3n) is 2.24. The van der Waals surface area contributed by atoms with E-state index in [1.807, 2.05) is 0 Å². The first-order chi connectivity index (χ1) is 8.20. The number of amides is 1. The highest BCUT2D eigenvalue weighted by atomic mass is 35.5. The van der Waals surface area contributed by atoms with E-state index in [2.05, 4.69) is 10.3 Å². The molecular weight excluding hydrogens is 246 g/mol. The maximum Gasteiger partial charge on any atom is 0.247 e. The highest BCUT2D eigenvalue weighted by Crippen LogP contribution is 2.38. The van der Waals surface area contributed by atoms with Gasteiger partial charge in [-0.2, -0.15) is 0 Å². The molecule has 0 aliphatic carbocycles. The normalized spacial score (nSPS) is 13.3. The van der Waals surface area contributed by atoms with E-state index in [1.54, 1.807) is 12.1 Å². The third-order valence-corrected chi connectivity index (χ3v) is 2.52. The zero-order chi connectivity index (χ0) is 12.3. The van der Waals surface area contributed by atoms with Gasteiger partial charge in [0.05, 0.1) is 18.6 Å². The van der Waals surface area contributed by atoms with E-state index in [1.165, 1.54) is 7.11 Å². The fourth-order valence-electron chi connectivity index (χ4n) is 1.60. The summed E-state index contributed by atoms with van der Waals surface area (Å²) in [4.78, 5) is 15.9. The molecule has 1 aliphatic heterocycles. The van der Waals surface area contributed by atoms with Crippen LogP contribution in [0.4, 0.5) is 0 Å². The molecule has 1 aliphatic rings. The van der Waals surface area contributed by atoms with Crippen molar-refractivity contribution in [3.05, 3.63) is 22.7 Å². The van der Waals surface area contributed by atoms with Gasteiger partial charge in [0, 0.05) is 0 Å². The number of carbonyl (C=O) groups is 1. The van der Waals surface area contributed by atoms with Gasteiger partial charge < -0.3 is 9.47 Å². The van der Waals surface area contributed by atoms with Gasteiger partial charge in [0.15, 0.2) is 11.5 Å². The van der Waals surface area contributed by atoms with Gasteiger partial charge in [0.25, 0.3) is 0 Å². The Balaban J connectivity index is 2.19. The van der Waals surface area contributed by atoms with Gasteiger partial charge in [0.2, 0.25) is 5.91 Å². The van der Waals surface area contributed by atoms with Crippen molar-refractivity contribution in [2.45, 2.75) is 6.42 Å². The average Bonchev–Trinajstić information content (AvgIpc) is 2.29. The quantitative estimate of drug-likeness (QED) is 0.830. The molecule has 1 aromatic carbocycles. The molecule has 6 heteroatoms. The van der Waals surface area contributed by atoms with Crippen LogP contribution in [0.2, 0.25) is 5.02 Å². The van der Waals surface area contributed by atoms with Crippen LogP contribution in [0.5, 0.6) is 11.5 Å². The maximum absolute atomic E-state index is 11.3. The zero-order valence-corrected chi connectivity index (χ0v) is 10.0. The molecule has 0 bridgehead atoms. The predicted molar refractivity (Wildman–Crippen MR) is 61.3 cm³/mol. The summed E-state index contributed by atoms with van der Waals surface area (Å²) in [6, 6.07) is 3.43. The second kappa shape index (κ2) is 5.25. The molecule has 0 atom stereocenters. The number of ether oxygens (including phenoxy) is 2. The number of benzene rings is 1. The van der Waals surface area contributed by atoms with Gasteiger partial charge in [-0.1, -0.05) is 11.6 Å². The van der Waals surface area contributed by atoms with Crippen LogP contribution in [-0.4, -0.2) is 26.2 Å². The summed E-state index contributed by atoms with van der Waals surface area (Å²) in [5.41, 5.74) is 2.98. The standard InChI is InChI=1S/C11H12ClNO4/c1-15-13-10(14)6-7-4-8(12)11-9(5-7)16-2-3-17-11/h4-5H,2-3,6H2,1H3,(H,13,14). The van der Waals surface area contributed by atoms with Crippen LogP contribution in [0.1, 0.15) is 5.56 Å². The summed E-state index contributed by atoms with van der Waals surface area (Å²) >= 11 is 6.04. The summed E-state index contributed by atoms with van der Waals surface area (Å²) in [6.45, 7) is 0.966. The van der Waals surface area contributed by atoms with Gasteiger partial charge in [-0.3, -0.25) is 9.63 Å². The first-order valence-corrected chi connectivity index (χ1v) is 5.48. The minimum atomic E-state index is -0.250. The van der Waals surface area contributed by atoms with E-state index in [-0.39, 0.29) is 12.3 Å². The zero-order valence-electron chi connectivity index (χ0n) is 9.29. The smallest absolute Gasteiger partial charge is 0.247 e. The topological polar surface area (TPSA) is 56.8 Å². The lowest BCUT2D eigenvalue weighted by Crippen LogP contribution is -2.23. The summed E-state index contributed by atoms with van der Waals surface area (Å²) in [5, 5.41) is 0.447. The molecule has 1 amide bonds. The Labute approximate surface area is 104 Å². The van der Waals surface area contributed by atoms with Gasteiger partial charge in [-0.15, -0.1) is 0 Å². The molecule has 1 heterocycles. The molecule has 0 spiro atoms. The minimum Gasteiger partial charge on any atom is -0.486 e. The Morgan fingerprint density at radius 3 is 3.00 bits per heavy atom. The molecule has 17 heavy (non-hydrogen) atoms. The first-order valence-electron chi connectivity index (χ1n) is 5.10. The highest BCUT2D eigenvalue weighted by molar-refractivity contribution is 6.32. The van der Waals surface area contributed by atoms with Crippen molar-refractivity contribution in [3.63, 3.8) is 0 Å². The lowest BCUT2D eigenvalue weighted by molar-refractivity contribution is -0.130. The largest absolute Gasteiger partial charge is 0.486 e. The van der Waals surface area contributed by atoms with Crippen molar-refractivity contribution in [2.75, 3.05) is 20.3 Å². The molecule has 5 nitrogen and oxygen atoms in total. The molecule has 1 aromatic rings. The van der Waals surface area contributed by atoms with Crippen molar-refractivity contribution in [1.29, 1.82) is 0 Å². The Morgan fingerprint density at radius 2 is 2.24 bits per heavy atom. The van der Waals surface area contributed by atoms with Gasteiger partial charge in [0.1, 0.15) is 13.2 Å². The third kappa shape index (κ3) is 2.81. The number of nitrogens with one attached hydrogen (secondary N) is 1. The van der Waals surface area contributed by atoms with Crippen molar-refractivity contribution < 1.29 is 19.1 Å². The van der Waals surface area contributed by atoms with E-state index in [9.17, 15) is 4.79 Å². The lowest BCUT2D eigenvalue weighted by Gasteiger charge is -2.20. The summed E-state index contributed by atoms with van der Waals surface area (Å²) < 4.78 is 10.8. The number of hydrogen-bond donors (Lipinski definition) is 1. The van der Waals surface area contributed by atoms with Gasteiger partial charge in [-0.25, -0.2) is 5.48 Å². The van der Waals surface area contributed by atoms with Crippen LogP contribution in [0.25, 0.3) is 0 Å². The van der Waals surface area contributed by atoms with Crippen molar-refractivity contribution in [1.82, 2.24) is 5.48 Å². The number of halogens is 1. The van der Waals surface area contributed by atoms with Crippen LogP contribution in [0, 0.1) is 0 Å². The molecule has 2 rings (SSSR count). The average molecular weight is 258 g/mol. The van der Waals surface area contributed by atoms with Crippen molar-refractivity contribution >= 4 is 17.5 Å². The Hall–Kier alpha value is -1.46. The molecule has 92 valence electrons. The summed E-state index contributed by atoms with van der Waals surface area (Å²) in [6.07, 6.45) is 0.171.